The van der Waals surface area contributed by atoms with Gasteiger partial charge in [0.05, 0.1) is 0 Å². The lowest BCUT2D eigenvalue weighted by atomic mass is 9.81. The van der Waals surface area contributed by atoms with Crippen LogP contribution in [0.3, 0.4) is 0 Å². The normalized spacial score (nSPS) is 16.5. The molecule has 0 N–H and O–H groups in total. The van der Waals surface area contributed by atoms with Gasteiger partial charge in [0.15, 0.2) is 0 Å². The highest BCUT2D eigenvalue weighted by atomic mass is 16.3. The fourth-order valence-corrected chi connectivity index (χ4v) is 14.7. The number of nitrogens with zero attached hydrogens (tertiary/aromatic N) is 4. The molecule has 2 unspecified atom stereocenters. The Labute approximate surface area is 466 Å². The van der Waals surface area contributed by atoms with E-state index in [2.05, 4.69) is 270 Å². The third kappa shape index (κ3) is 6.83. The molecular weight excluding hydrogens is 973 g/mol. The number of benzene rings is 11. The van der Waals surface area contributed by atoms with Crippen LogP contribution in [0.1, 0.15) is 47.2 Å². The van der Waals surface area contributed by atoms with E-state index in [1.54, 1.807) is 0 Å². The Morgan fingerprint density at radius 2 is 0.838 bits per heavy atom. The quantitative estimate of drug-likeness (QED) is 0.151. The summed E-state index contributed by atoms with van der Waals surface area (Å²) in [5.74, 6) is 0. The molecule has 5 heteroatoms. The van der Waals surface area contributed by atoms with Gasteiger partial charge in [0.25, 0.3) is 0 Å². The average Bonchev–Trinajstić information content (AvgIpc) is 4.47. The van der Waals surface area contributed by atoms with E-state index in [1.807, 2.05) is 6.07 Å². The lowest BCUT2D eigenvalue weighted by Gasteiger charge is -2.29. The van der Waals surface area contributed by atoms with Crippen LogP contribution in [0.15, 0.2) is 247 Å². The van der Waals surface area contributed by atoms with Gasteiger partial charge in [-0.2, -0.15) is 0 Å². The molecule has 80 heavy (non-hydrogen) atoms. The van der Waals surface area contributed by atoms with Crippen LogP contribution in [-0.2, 0) is 31.1 Å². The van der Waals surface area contributed by atoms with Crippen molar-refractivity contribution in [3.8, 4) is 33.4 Å². The maximum atomic E-state index is 6.49. The monoisotopic (exact) mass is 1030 g/mol. The van der Waals surface area contributed by atoms with Gasteiger partial charge in [-0.3, -0.25) is 0 Å². The standard InChI is InChI=1S/C75H56N4O/c1-75(2)66-19-12-18-62(74(66)65-38-36-56(43-67(65)75)76(54-15-4-3-5-16-54)57-33-29-52-41-60-39-50-13-6-9-20-68(50)78(60)70(52)44-57)49-25-23-47(24-26-49)48-27-31-55(32-28-48)77(59-35-37-64-63-17-8-11-22-72(63)80-73(64)46-59)58-34-30-53-42-61-40-51-14-7-10-21-69(51)79(61)71(53)45-58/h3-38,43-46,60-61H,39-42H2,1-2H3. The third-order valence-corrected chi connectivity index (χ3v) is 18.5. The molecule has 4 aliphatic heterocycles. The SMILES string of the molecule is CC1(C)c2cc(N(c3ccccc3)c3ccc4c(c3)N3c5ccccc5CC3C4)ccc2-c2c(-c3ccc(-c4ccc(N(c5ccc6c(c5)N5c7ccccc7CC5C6)c5ccc6c(c5)oc5ccccc56)cc4)cc3)cccc21. The number of hydrogen-bond donors (Lipinski definition) is 0. The summed E-state index contributed by atoms with van der Waals surface area (Å²) in [6.45, 7) is 4.80. The Hall–Kier alpha value is -9.58. The predicted molar refractivity (Wildman–Crippen MR) is 331 cm³/mol. The smallest absolute Gasteiger partial charge is 0.137 e. The van der Waals surface area contributed by atoms with Gasteiger partial charge in [-0.25, -0.2) is 0 Å². The molecule has 0 bridgehead atoms. The van der Waals surface area contributed by atoms with Gasteiger partial charge in [0.2, 0.25) is 0 Å². The van der Waals surface area contributed by atoms with E-state index in [0.29, 0.717) is 12.1 Å². The maximum absolute atomic E-state index is 6.49. The summed E-state index contributed by atoms with van der Waals surface area (Å²) < 4.78 is 6.49. The van der Waals surface area contributed by atoms with E-state index in [0.717, 1.165) is 76.1 Å². The summed E-state index contributed by atoms with van der Waals surface area (Å²) in [6, 6.07) is 91.3. The summed E-state index contributed by atoms with van der Waals surface area (Å²) >= 11 is 0. The zero-order valence-electron chi connectivity index (χ0n) is 44.8. The average molecular weight is 1030 g/mol. The summed E-state index contributed by atoms with van der Waals surface area (Å²) in [7, 11) is 0. The molecule has 1 aliphatic carbocycles. The predicted octanol–water partition coefficient (Wildman–Crippen LogP) is 19.4. The lowest BCUT2D eigenvalue weighted by molar-refractivity contribution is 0.660. The van der Waals surface area contributed by atoms with Crippen LogP contribution in [0.4, 0.5) is 56.9 Å². The summed E-state index contributed by atoms with van der Waals surface area (Å²) in [6.07, 6.45) is 4.31. The zero-order valence-corrected chi connectivity index (χ0v) is 44.8. The molecule has 0 fully saturated rings. The Bertz CT molecular complexity index is 4500. The minimum atomic E-state index is -0.210. The van der Waals surface area contributed by atoms with Crippen LogP contribution in [-0.4, -0.2) is 12.1 Å². The van der Waals surface area contributed by atoms with Crippen LogP contribution in [0, 0.1) is 0 Å². The van der Waals surface area contributed by atoms with Gasteiger partial charge in [-0.1, -0.05) is 159 Å². The van der Waals surface area contributed by atoms with Crippen molar-refractivity contribution in [1.82, 2.24) is 0 Å². The molecule has 1 aromatic heterocycles. The van der Waals surface area contributed by atoms with Gasteiger partial charge in [-0.15, -0.1) is 0 Å². The molecule has 382 valence electrons. The molecule has 0 saturated carbocycles. The van der Waals surface area contributed by atoms with Crippen LogP contribution < -0.4 is 19.6 Å². The van der Waals surface area contributed by atoms with Gasteiger partial charge in [-0.05, 0) is 183 Å². The van der Waals surface area contributed by atoms with Crippen molar-refractivity contribution in [2.75, 3.05) is 19.6 Å². The summed E-state index contributed by atoms with van der Waals surface area (Å²) in [5.41, 5.74) is 29.6. The minimum Gasteiger partial charge on any atom is -0.456 e. The first-order valence-corrected chi connectivity index (χ1v) is 28.4. The zero-order chi connectivity index (χ0) is 52.8. The first kappa shape index (κ1) is 45.4. The van der Waals surface area contributed by atoms with Gasteiger partial charge >= 0.3 is 0 Å². The second-order valence-corrected chi connectivity index (χ2v) is 23.2. The second kappa shape index (κ2) is 17.2. The van der Waals surface area contributed by atoms with Gasteiger partial charge in [0.1, 0.15) is 11.2 Å². The molecule has 0 spiro atoms. The molecule has 5 nitrogen and oxygen atoms in total. The first-order valence-electron chi connectivity index (χ1n) is 28.4. The molecule has 2 atom stereocenters. The number of furan rings is 1. The second-order valence-electron chi connectivity index (χ2n) is 23.2. The number of fused-ring (bicyclic) bond motifs is 16. The van der Waals surface area contributed by atoms with Crippen LogP contribution in [0.25, 0.3) is 55.3 Å². The maximum Gasteiger partial charge on any atom is 0.137 e. The molecule has 17 rings (SSSR count). The Morgan fingerprint density at radius 1 is 0.350 bits per heavy atom. The van der Waals surface area contributed by atoms with Gasteiger partial charge in [0, 0.05) is 91.2 Å². The number of para-hydroxylation sites is 4. The van der Waals surface area contributed by atoms with Crippen molar-refractivity contribution in [2.24, 2.45) is 0 Å². The lowest BCUT2D eigenvalue weighted by Crippen LogP contribution is -2.22. The van der Waals surface area contributed by atoms with E-state index in [-0.39, 0.29) is 5.41 Å². The number of anilines is 10. The van der Waals surface area contributed by atoms with Crippen LogP contribution >= 0.6 is 0 Å². The molecular formula is C75H56N4O. The molecule has 0 saturated heterocycles. The van der Waals surface area contributed by atoms with Gasteiger partial charge < -0.3 is 24.0 Å². The highest BCUT2D eigenvalue weighted by molar-refractivity contribution is 6.06. The van der Waals surface area contributed by atoms with Crippen molar-refractivity contribution in [2.45, 2.75) is 57.0 Å². The number of hydrogen-bond acceptors (Lipinski definition) is 5. The number of rotatable bonds is 8. The largest absolute Gasteiger partial charge is 0.456 e. The fraction of sp³-hybridized carbons (Fsp3) is 0.120. The first-order chi connectivity index (χ1) is 39.4. The topological polar surface area (TPSA) is 26.1 Å². The Kier molecular flexibility index (Phi) is 9.77. The van der Waals surface area contributed by atoms with E-state index in [1.165, 1.54) is 95.2 Å². The van der Waals surface area contributed by atoms with Crippen molar-refractivity contribution < 1.29 is 4.42 Å². The van der Waals surface area contributed by atoms with Crippen molar-refractivity contribution >= 4 is 78.8 Å². The Balaban J connectivity index is 0.700. The highest BCUT2D eigenvalue weighted by Crippen LogP contribution is 2.55. The summed E-state index contributed by atoms with van der Waals surface area (Å²) in [4.78, 5) is 10.0. The van der Waals surface area contributed by atoms with E-state index in [4.69, 9.17) is 4.42 Å². The van der Waals surface area contributed by atoms with Crippen molar-refractivity contribution in [3.05, 3.63) is 276 Å². The van der Waals surface area contributed by atoms with Crippen LogP contribution in [0.5, 0.6) is 0 Å². The molecule has 0 radical (unpaired) electrons. The molecule has 12 aromatic rings. The van der Waals surface area contributed by atoms with E-state index >= 15 is 0 Å². The minimum absolute atomic E-state index is 0.210. The molecule has 0 amide bonds. The van der Waals surface area contributed by atoms with E-state index in [9.17, 15) is 0 Å². The molecule has 5 heterocycles. The van der Waals surface area contributed by atoms with Crippen molar-refractivity contribution in [3.63, 3.8) is 0 Å². The summed E-state index contributed by atoms with van der Waals surface area (Å²) in [5, 5.41) is 2.26. The fourth-order valence-electron chi connectivity index (χ4n) is 14.7. The molecule has 5 aliphatic rings. The Morgan fingerprint density at radius 3 is 1.50 bits per heavy atom. The highest BCUT2D eigenvalue weighted by Gasteiger charge is 2.40. The van der Waals surface area contributed by atoms with Crippen molar-refractivity contribution in [1.29, 1.82) is 0 Å². The third-order valence-electron chi connectivity index (χ3n) is 18.5. The molecule has 11 aromatic carbocycles. The van der Waals surface area contributed by atoms with E-state index < -0.39 is 0 Å². The van der Waals surface area contributed by atoms with Crippen LogP contribution in [0.2, 0.25) is 0 Å².